The van der Waals surface area contributed by atoms with Crippen LogP contribution in [0, 0.1) is 5.92 Å². The lowest BCUT2D eigenvalue weighted by atomic mass is 9.83. The van der Waals surface area contributed by atoms with Gasteiger partial charge in [0.15, 0.2) is 0 Å². The summed E-state index contributed by atoms with van der Waals surface area (Å²) in [7, 11) is 3.79. The molecule has 0 radical (unpaired) electrons. The second-order valence-corrected chi connectivity index (χ2v) is 5.76. The number of hydrogen-bond donors (Lipinski definition) is 1. The fourth-order valence-corrected chi connectivity index (χ4v) is 3.14. The molecule has 20 heavy (non-hydrogen) atoms. The predicted octanol–water partition coefficient (Wildman–Crippen LogP) is 4.02. The van der Waals surface area contributed by atoms with Crippen LogP contribution in [0.2, 0.25) is 0 Å². The summed E-state index contributed by atoms with van der Waals surface area (Å²) in [5.41, 5.74) is 4.10. The first-order valence-electron chi connectivity index (χ1n) is 7.76. The van der Waals surface area contributed by atoms with Crippen LogP contribution >= 0.6 is 0 Å². The van der Waals surface area contributed by atoms with Crippen molar-refractivity contribution in [3.63, 3.8) is 0 Å². The van der Waals surface area contributed by atoms with Crippen molar-refractivity contribution in [1.82, 2.24) is 5.32 Å². The highest BCUT2D eigenvalue weighted by Crippen LogP contribution is 2.30. The molecule has 110 valence electrons. The van der Waals surface area contributed by atoms with Gasteiger partial charge in [-0.25, -0.2) is 0 Å². The third-order valence-electron chi connectivity index (χ3n) is 4.12. The Morgan fingerprint density at radius 2 is 2.10 bits per heavy atom. The van der Waals surface area contributed by atoms with Gasteiger partial charge in [-0.2, -0.15) is 0 Å². The minimum absolute atomic E-state index is 0.687. The molecular formula is C18H27NO. The first-order valence-corrected chi connectivity index (χ1v) is 7.76. The highest BCUT2D eigenvalue weighted by atomic mass is 16.5. The van der Waals surface area contributed by atoms with Gasteiger partial charge in [-0.05, 0) is 43.0 Å². The van der Waals surface area contributed by atoms with Crippen molar-refractivity contribution in [2.45, 2.75) is 38.7 Å². The largest absolute Gasteiger partial charge is 0.380 e. The van der Waals surface area contributed by atoms with Gasteiger partial charge in [0.1, 0.15) is 0 Å². The minimum atomic E-state index is 0.687. The van der Waals surface area contributed by atoms with Crippen molar-refractivity contribution in [2.24, 2.45) is 5.92 Å². The lowest BCUT2D eigenvalue weighted by Crippen LogP contribution is -2.19. The van der Waals surface area contributed by atoms with Gasteiger partial charge in [-0.3, -0.25) is 0 Å². The Hall–Kier alpha value is -1.12. The second kappa shape index (κ2) is 8.23. The first kappa shape index (κ1) is 15.3. The normalized spacial score (nSPS) is 17.4. The summed E-state index contributed by atoms with van der Waals surface area (Å²) in [6.07, 6.45) is 9.26. The van der Waals surface area contributed by atoms with E-state index < -0.39 is 0 Å². The quantitative estimate of drug-likeness (QED) is 0.845. The second-order valence-electron chi connectivity index (χ2n) is 5.76. The van der Waals surface area contributed by atoms with Gasteiger partial charge in [0.25, 0.3) is 0 Å². The summed E-state index contributed by atoms with van der Waals surface area (Å²) in [6, 6.07) is 8.68. The molecule has 0 bridgehead atoms. The number of benzene rings is 1. The highest BCUT2D eigenvalue weighted by molar-refractivity contribution is 5.54. The van der Waals surface area contributed by atoms with E-state index in [4.69, 9.17) is 4.74 Å². The van der Waals surface area contributed by atoms with Crippen molar-refractivity contribution < 1.29 is 4.74 Å². The molecule has 0 spiro atoms. The summed E-state index contributed by atoms with van der Waals surface area (Å²) in [4.78, 5) is 0. The third-order valence-corrected chi connectivity index (χ3v) is 4.12. The number of hydrogen-bond acceptors (Lipinski definition) is 2. The van der Waals surface area contributed by atoms with Crippen LogP contribution in [0.5, 0.6) is 0 Å². The van der Waals surface area contributed by atoms with Crippen LogP contribution < -0.4 is 5.32 Å². The van der Waals surface area contributed by atoms with Crippen molar-refractivity contribution in [2.75, 3.05) is 20.7 Å². The van der Waals surface area contributed by atoms with Crippen LogP contribution in [0.25, 0.3) is 6.08 Å². The van der Waals surface area contributed by atoms with Crippen LogP contribution in [-0.2, 0) is 11.3 Å². The molecule has 0 unspecified atom stereocenters. The molecule has 0 saturated heterocycles. The molecule has 1 aliphatic carbocycles. The lowest BCUT2D eigenvalue weighted by Gasteiger charge is -2.24. The molecule has 1 aliphatic rings. The van der Waals surface area contributed by atoms with E-state index in [0.29, 0.717) is 6.61 Å². The van der Waals surface area contributed by atoms with Crippen LogP contribution in [0.1, 0.15) is 43.2 Å². The van der Waals surface area contributed by atoms with E-state index in [2.05, 4.69) is 35.7 Å². The Bertz CT molecular complexity index is 433. The first-order chi connectivity index (χ1) is 9.83. The monoisotopic (exact) mass is 273 g/mol. The van der Waals surface area contributed by atoms with Crippen molar-refractivity contribution >= 4 is 6.08 Å². The Kier molecular flexibility index (Phi) is 6.28. The molecular weight excluding hydrogens is 246 g/mol. The summed E-state index contributed by atoms with van der Waals surface area (Å²) in [6.45, 7) is 1.69. The molecule has 0 amide bonds. The Morgan fingerprint density at radius 1 is 1.30 bits per heavy atom. The van der Waals surface area contributed by atoms with E-state index in [0.717, 1.165) is 12.5 Å². The molecule has 2 heteroatoms. The predicted molar refractivity (Wildman–Crippen MR) is 85.6 cm³/mol. The van der Waals surface area contributed by atoms with Crippen molar-refractivity contribution in [3.05, 3.63) is 41.0 Å². The van der Waals surface area contributed by atoms with Crippen LogP contribution in [0.4, 0.5) is 0 Å². The maximum atomic E-state index is 5.22. The zero-order chi connectivity index (χ0) is 14.2. The molecule has 2 rings (SSSR count). The summed E-state index contributed by atoms with van der Waals surface area (Å²) < 4.78 is 5.22. The van der Waals surface area contributed by atoms with Crippen LogP contribution in [0.15, 0.2) is 29.8 Å². The molecule has 0 heterocycles. The number of nitrogens with one attached hydrogen (secondary N) is 1. The maximum Gasteiger partial charge on any atom is 0.0713 e. The van der Waals surface area contributed by atoms with Gasteiger partial charge in [0.2, 0.25) is 0 Å². The average molecular weight is 273 g/mol. The standard InChI is InChI=1S/C18H27NO/c1-19-13-18(17-9-4-3-5-10-17)12-15-7-6-8-16(11-15)14-20-2/h6-8,11-12,17,19H,3-5,9-10,13-14H2,1-2H3/b18-12-. The summed E-state index contributed by atoms with van der Waals surface area (Å²) in [5, 5.41) is 3.33. The number of ether oxygens (including phenoxy) is 1. The van der Waals surface area contributed by atoms with Crippen LogP contribution in [0.3, 0.4) is 0 Å². The van der Waals surface area contributed by atoms with Gasteiger partial charge < -0.3 is 10.1 Å². The molecule has 0 aromatic heterocycles. The number of rotatable bonds is 6. The van der Waals surface area contributed by atoms with Crippen molar-refractivity contribution in [3.8, 4) is 0 Å². The SMILES string of the molecule is CNC/C(=C/c1cccc(COC)c1)C1CCCCC1. The van der Waals surface area contributed by atoms with Crippen molar-refractivity contribution in [1.29, 1.82) is 0 Å². The lowest BCUT2D eigenvalue weighted by molar-refractivity contribution is 0.185. The third kappa shape index (κ3) is 4.46. The molecule has 1 aromatic carbocycles. The van der Waals surface area contributed by atoms with E-state index in [-0.39, 0.29) is 0 Å². The fraction of sp³-hybridized carbons (Fsp3) is 0.556. The number of methoxy groups -OCH3 is 1. The molecule has 2 nitrogen and oxygen atoms in total. The Balaban J connectivity index is 2.16. The minimum Gasteiger partial charge on any atom is -0.380 e. The van der Waals surface area contributed by atoms with E-state index in [1.807, 2.05) is 7.05 Å². The number of likely N-dealkylation sites (N-methyl/N-ethyl adjacent to an activating group) is 1. The molecule has 1 fully saturated rings. The molecule has 0 atom stereocenters. The van der Waals surface area contributed by atoms with Gasteiger partial charge in [-0.1, -0.05) is 49.1 Å². The Morgan fingerprint density at radius 3 is 2.80 bits per heavy atom. The molecule has 0 aliphatic heterocycles. The zero-order valence-corrected chi connectivity index (χ0v) is 12.8. The van der Waals surface area contributed by atoms with Gasteiger partial charge in [-0.15, -0.1) is 0 Å². The van der Waals surface area contributed by atoms with E-state index >= 15 is 0 Å². The summed E-state index contributed by atoms with van der Waals surface area (Å²) >= 11 is 0. The van der Waals surface area contributed by atoms with Gasteiger partial charge >= 0.3 is 0 Å². The molecule has 1 saturated carbocycles. The van der Waals surface area contributed by atoms with Gasteiger partial charge in [0, 0.05) is 13.7 Å². The average Bonchev–Trinajstić information content (AvgIpc) is 2.48. The van der Waals surface area contributed by atoms with Gasteiger partial charge in [0.05, 0.1) is 6.61 Å². The van der Waals surface area contributed by atoms with E-state index in [1.54, 1.807) is 12.7 Å². The molecule has 1 aromatic rings. The fourth-order valence-electron chi connectivity index (χ4n) is 3.14. The summed E-state index contributed by atoms with van der Waals surface area (Å²) in [5.74, 6) is 0.766. The van der Waals surface area contributed by atoms with E-state index in [9.17, 15) is 0 Å². The molecule has 1 N–H and O–H groups in total. The Labute approximate surface area is 123 Å². The topological polar surface area (TPSA) is 21.3 Å². The zero-order valence-electron chi connectivity index (χ0n) is 12.8. The maximum absolute atomic E-state index is 5.22. The van der Waals surface area contributed by atoms with Crippen LogP contribution in [-0.4, -0.2) is 20.7 Å². The van der Waals surface area contributed by atoms with E-state index in [1.165, 1.54) is 43.2 Å². The smallest absolute Gasteiger partial charge is 0.0713 e. The highest BCUT2D eigenvalue weighted by Gasteiger charge is 2.17.